The zero-order chi connectivity index (χ0) is 14.3. The maximum atomic E-state index is 5.83. The van der Waals surface area contributed by atoms with Gasteiger partial charge in [-0.1, -0.05) is 42.5 Å². The Hall–Kier alpha value is -2.33. The first-order valence-electron chi connectivity index (χ1n) is 6.79. The van der Waals surface area contributed by atoms with E-state index in [1.165, 1.54) is 11.1 Å². The van der Waals surface area contributed by atoms with Crippen molar-refractivity contribution in [2.75, 3.05) is 5.32 Å². The summed E-state index contributed by atoms with van der Waals surface area (Å²) in [5.74, 6) is 0.886. The lowest BCUT2D eigenvalue weighted by atomic mass is 10.2. The third-order valence-electron chi connectivity index (χ3n) is 3.02. The number of benzene rings is 2. The molecule has 0 aliphatic heterocycles. The molecule has 0 spiro atoms. The molecule has 3 nitrogen and oxygen atoms in total. The number of hydrogen-bond acceptors (Lipinski definition) is 4. The summed E-state index contributed by atoms with van der Waals surface area (Å²) >= 11 is 1.60. The number of rotatable bonds is 6. The molecule has 0 amide bonds. The van der Waals surface area contributed by atoms with Gasteiger partial charge in [0.05, 0.1) is 0 Å². The van der Waals surface area contributed by atoms with Gasteiger partial charge in [-0.05, 0) is 23.3 Å². The van der Waals surface area contributed by atoms with Crippen molar-refractivity contribution in [1.82, 2.24) is 4.98 Å². The van der Waals surface area contributed by atoms with Crippen LogP contribution in [0, 0.1) is 0 Å². The number of thiazole rings is 1. The molecule has 1 heterocycles. The van der Waals surface area contributed by atoms with Crippen molar-refractivity contribution in [2.45, 2.75) is 13.2 Å². The standard InChI is InChI=1S/C17H16N2OS/c1-2-5-14(6-3-1)13-20-16-8-4-7-15(11-16)12-19-17-18-9-10-21-17/h1-11H,12-13H2,(H,18,19). The van der Waals surface area contributed by atoms with Gasteiger partial charge in [0.15, 0.2) is 5.13 Å². The fourth-order valence-electron chi connectivity index (χ4n) is 1.97. The fourth-order valence-corrected chi connectivity index (χ4v) is 2.50. The molecule has 106 valence electrons. The van der Waals surface area contributed by atoms with Gasteiger partial charge in [0.25, 0.3) is 0 Å². The summed E-state index contributed by atoms with van der Waals surface area (Å²) in [6.45, 7) is 1.33. The van der Waals surface area contributed by atoms with E-state index >= 15 is 0 Å². The highest BCUT2D eigenvalue weighted by atomic mass is 32.1. The molecule has 0 saturated heterocycles. The minimum atomic E-state index is 0.588. The summed E-state index contributed by atoms with van der Waals surface area (Å²) in [5.41, 5.74) is 2.35. The lowest BCUT2D eigenvalue weighted by molar-refractivity contribution is 0.306. The second-order valence-corrected chi connectivity index (χ2v) is 5.51. The second kappa shape index (κ2) is 6.90. The summed E-state index contributed by atoms with van der Waals surface area (Å²) in [7, 11) is 0. The molecule has 0 aliphatic carbocycles. The fraction of sp³-hybridized carbons (Fsp3) is 0.118. The van der Waals surface area contributed by atoms with Crippen LogP contribution in [0.15, 0.2) is 66.2 Å². The number of nitrogens with one attached hydrogen (secondary N) is 1. The molecule has 0 atom stereocenters. The third-order valence-corrected chi connectivity index (χ3v) is 3.75. The minimum absolute atomic E-state index is 0.588. The van der Waals surface area contributed by atoms with Crippen LogP contribution >= 0.6 is 11.3 Å². The van der Waals surface area contributed by atoms with E-state index in [0.29, 0.717) is 6.61 Å². The zero-order valence-corrected chi connectivity index (χ0v) is 12.3. The zero-order valence-electron chi connectivity index (χ0n) is 11.5. The summed E-state index contributed by atoms with van der Waals surface area (Å²) < 4.78 is 5.83. The van der Waals surface area contributed by atoms with Crippen LogP contribution in [0.1, 0.15) is 11.1 Å². The maximum Gasteiger partial charge on any atom is 0.182 e. The summed E-state index contributed by atoms with van der Waals surface area (Å²) in [6.07, 6.45) is 1.80. The van der Waals surface area contributed by atoms with E-state index in [9.17, 15) is 0 Å². The normalized spacial score (nSPS) is 10.3. The first-order valence-corrected chi connectivity index (χ1v) is 7.67. The quantitative estimate of drug-likeness (QED) is 0.735. The third kappa shape index (κ3) is 4.07. The molecule has 4 heteroatoms. The van der Waals surface area contributed by atoms with Crippen molar-refractivity contribution < 1.29 is 4.74 Å². The van der Waals surface area contributed by atoms with Gasteiger partial charge in [0.1, 0.15) is 12.4 Å². The van der Waals surface area contributed by atoms with Gasteiger partial charge in [-0.3, -0.25) is 0 Å². The van der Waals surface area contributed by atoms with E-state index in [-0.39, 0.29) is 0 Å². The van der Waals surface area contributed by atoms with E-state index in [2.05, 4.69) is 34.6 Å². The average molecular weight is 296 g/mol. The van der Waals surface area contributed by atoms with Crippen LogP contribution in [0.2, 0.25) is 0 Å². The van der Waals surface area contributed by atoms with Crippen molar-refractivity contribution in [3.63, 3.8) is 0 Å². The van der Waals surface area contributed by atoms with Crippen molar-refractivity contribution in [3.05, 3.63) is 77.3 Å². The van der Waals surface area contributed by atoms with E-state index < -0.39 is 0 Å². The molecule has 1 N–H and O–H groups in total. The van der Waals surface area contributed by atoms with E-state index in [1.807, 2.05) is 35.7 Å². The van der Waals surface area contributed by atoms with Crippen LogP contribution < -0.4 is 10.1 Å². The SMILES string of the molecule is c1ccc(COc2cccc(CNc3nccs3)c2)cc1. The van der Waals surface area contributed by atoms with Crippen LogP contribution in [-0.2, 0) is 13.2 Å². The Morgan fingerprint density at radius 3 is 2.67 bits per heavy atom. The Morgan fingerprint density at radius 1 is 1.00 bits per heavy atom. The Kier molecular flexibility index (Phi) is 4.49. The molecular formula is C17H16N2OS. The van der Waals surface area contributed by atoms with Crippen LogP contribution in [0.4, 0.5) is 5.13 Å². The Bertz CT molecular complexity index is 668. The second-order valence-electron chi connectivity index (χ2n) is 4.61. The molecule has 1 aromatic heterocycles. The molecule has 0 bridgehead atoms. The van der Waals surface area contributed by atoms with E-state index in [4.69, 9.17) is 4.74 Å². The molecule has 0 fully saturated rings. The molecule has 21 heavy (non-hydrogen) atoms. The van der Waals surface area contributed by atoms with Gasteiger partial charge in [0.2, 0.25) is 0 Å². The molecule has 0 radical (unpaired) electrons. The van der Waals surface area contributed by atoms with Crippen molar-refractivity contribution >= 4 is 16.5 Å². The van der Waals surface area contributed by atoms with E-state index in [1.54, 1.807) is 17.5 Å². The maximum absolute atomic E-state index is 5.83. The molecular weight excluding hydrogens is 280 g/mol. The highest BCUT2D eigenvalue weighted by Gasteiger charge is 1.99. The molecule has 0 saturated carbocycles. The number of aromatic nitrogens is 1. The van der Waals surface area contributed by atoms with Crippen LogP contribution in [0.25, 0.3) is 0 Å². The van der Waals surface area contributed by atoms with E-state index in [0.717, 1.165) is 17.4 Å². The Morgan fingerprint density at radius 2 is 1.86 bits per heavy atom. The lowest BCUT2D eigenvalue weighted by Gasteiger charge is -2.08. The highest BCUT2D eigenvalue weighted by molar-refractivity contribution is 7.13. The van der Waals surface area contributed by atoms with Crippen molar-refractivity contribution in [2.24, 2.45) is 0 Å². The van der Waals surface area contributed by atoms with Crippen molar-refractivity contribution in [1.29, 1.82) is 0 Å². The van der Waals surface area contributed by atoms with Crippen LogP contribution in [0.3, 0.4) is 0 Å². The number of ether oxygens (including phenoxy) is 1. The highest BCUT2D eigenvalue weighted by Crippen LogP contribution is 2.17. The van der Waals surface area contributed by atoms with Crippen molar-refractivity contribution in [3.8, 4) is 5.75 Å². The summed E-state index contributed by atoms with van der Waals surface area (Å²) in [6, 6.07) is 18.3. The minimum Gasteiger partial charge on any atom is -0.489 e. The number of nitrogens with zero attached hydrogens (tertiary/aromatic N) is 1. The summed E-state index contributed by atoms with van der Waals surface area (Å²) in [4.78, 5) is 4.21. The molecule has 2 aromatic carbocycles. The number of hydrogen-bond donors (Lipinski definition) is 1. The Labute approximate surface area is 128 Å². The van der Waals surface area contributed by atoms with Gasteiger partial charge in [-0.2, -0.15) is 0 Å². The average Bonchev–Trinajstić information content (AvgIpc) is 3.06. The predicted octanol–water partition coefficient (Wildman–Crippen LogP) is 4.33. The van der Waals surface area contributed by atoms with Gasteiger partial charge in [0, 0.05) is 18.1 Å². The topological polar surface area (TPSA) is 34.1 Å². The van der Waals surface area contributed by atoms with Gasteiger partial charge < -0.3 is 10.1 Å². The van der Waals surface area contributed by atoms with Crippen LogP contribution in [-0.4, -0.2) is 4.98 Å². The van der Waals surface area contributed by atoms with Gasteiger partial charge >= 0.3 is 0 Å². The van der Waals surface area contributed by atoms with Gasteiger partial charge in [-0.25, -0.2) is 4.98 Å². The smallest absolute Gasteiger partial charge is 0.182 e. The number of anilines is 1. The Balaban J connectivity index is 1.58. The first-order chi connectivity index (χ1) is 10.4. The molecule has 3 aromatic rings. The predicted molar refractivity (Wildman–Crippen MR) is 86.7 cm³/mol. The molecule has 0 aliphatic rings. The molecule has 3 rings (SSSR count). The first kappa shape index (κ1) is 13.6. The lowest BCUT2D eigenvalue weighted by Crippen LogP contribution is -2.00. The molecule has 0 unspecified atom stereocenters. The van der Waals surface area contributed by atoms with Crippen LogP contribution in [0.5, 0.6) is 5.75 Å². The largest absolute Gasteiger partial charge is 0.489 e. The summed E-state index contributed by atoms with van der Waals surface area (Å²) in [5, 5.41) is 6.19. The monoisotopic (exact) mass is 296 g/mol. The van der Waals surface area contributed by atoms with Gasteiger partial charge in [-0.15, -0.1) is 11.3 Å².